The van der Waals surface area contributed by atoms with Gasteiger partial charge >= 0.3 is 0 Å². The average molecular weight is 228 g/mol. The largest absolute Gasteiger partial charge is 0.358 e. The first kappa shape index (κ1) is 11.7. The van der Waals surface area contributed by atoms with E-state index in [4.69, 9.17) is 4.74 Å². The maximum Gasteiger partial charge on any atom is 0.135 e. The van der Waals surface area contributed by atoms with Crippen molar-refractivity contribution in [2.75, 3.05) is 11.5 Å². The van der Waals surface area contributed by atoms with Crippen molar-refractivity contribution in [1.29, 1.82) is 5.26 Å². The van der Waals surface area contributed by atoms with Crippen molar-refractivity contribution in [1.82, 2.24) is 0 Å². The summed E-state index contributed by atoms with van der Waals surface area (Å²) in [5.41, 5.74) is 1.69. The summed E-state index contributed by atoms with van der Waals surface area (Å²) in [4.78, 5) is 1.98. The van der Waals surface area contributed by atoms with Gasteiger partial charge in [-0.25, -0.2) is 0 Å². The first-order chi connectivity index (χ1) is 8.36. The number of nitriles is 1. The van der Waals surface area contributed by atoms with Gasteiger partial charge in [0.25, 0.3) is 0 Å². The van der Waals surface area contributed by atoms with Gasteiger partial charge in [0.1, 0.15) is 18.0 Å². The molecule has 1 heterocycles. The lowest BCUT2D eigenvalue weighted by atomic mass is 10.1. The predicted molar refractivity (Wildman–Crippen MR) is 67.3 cm³/mol. The minimum Gasteiger partial charge on any atom is -0.358 e. The number of rotatable bonds is 3. The molecular formula is C14H16N2O. The molecule has 0 spiro atoms. The van der Waals surface area contributed by atoms with Crippen molar-refractivity contribution in [2.45, 2.75) is 26.0 Å². The lowest BCUT2D eigenvalue weighted by molar-refractivity contribution is 0.0571. The first-order valence-electron chi connectivity index (χ1n) is 5.93. The fourth-order valence-corrected chi connectivity index (χ4v) is 2.09. The van der Waals surface area contributed by atoms with Crippen LogP contribution >= 0.6 is 0 Å². The molecule has 0 saturated carbocycles. The molecule has 0 amide bonds. The molecule has 0 aromatic heterocycles. The number of nitrogens with zero attached hydrogens (tertiary/aromatic N) is 2. The Kier molecular flexibility index (Phi) is 3.79. The van der Waals surface area contributed by atoms with E-state index < -0.39 is 0 Å². The highest BCUT2D eigenvalue weighted by Crippen LogP contribution is 2.28. The van der Waals surface area contributed by atoms with E-state index in [0.717, 1.165) is 18.5 Å². The Labute approximate surface area is 102 Å². The highest BCUT2D eigenvalue weighted by Gasteiger charge is 2.25. The Morgan fingerprint density at radius 1 is 1.41 bits per heavy atom. The van der Waals surface area contributed by atoms with Crippen LogP contribution in [0.1, 0.15) is 19.8 Å². The fourth-order valence-electron chi connectivity index (χ4n) is 2.09. The van der Waals surface area contributed by atoms with E-state index in [1.54, 1.807) is 0 Å². The quantitative estimate of drug-likeness (QED) is 0.797. The minimum atomic E-state index is -0.0259. The third-order valence-corrected chi connectivity index (χ3v) is 2.81. The molecule has 0 fully saturated rings. The Balaban J connectivity index is 2.33. The summed E-state index contributed by atoms with van der Waals surface area (Å²) in [5.74, 6) is 0. The molecule has 1 aliphatic rings. The third kappa shape index (κ3) is 2.48. The lowest BCUT2D eigenvalue weighted by Gasteiger charge is -2.35. The molecule has 1 aliphatic heterocycles. The number of ether oxygens (including phenoxy) is 1. The number of benzene rings is 1. The molecule has 1 aromatic rings. The Hall–Kier alpha value is -1.79. The van der Waals surface area contributed by atoms with Gasteiger partial charge in [-0.05, 0) is 38.0 Å². The number of hydrogen-bond acceptors (Lipinski definition) is 3. The van der Waals surface area contributed by atoms with Crippen LogP contribution in [0.2, 0.25) is 0 Å². The number of hydrogen-bond donors (Lipinski definition) is 0. The molecule has 1 aromatic carbocycles. The molecular weight excluding hydrogens is 212 g/mol. The van der Waals surface area contributed by atoms with E-state index in [1.807, 2.05) is 48.2 Å². The summed E-state index contributed by atoms with van der Waals surface area (Å²) in [6, 6.07) is 12.2. The third-order valence-electron chi connectivity index (χ3n) is 2.81. The normalized spacial score (nSPS) is 19.6. The maximum absolute atomic E-state index is 9.19. The van der Waals surface area contributed by atoms with Crippen molar-refractivity contribution < 1.29 is 4.74 Å². The summed E-state index contributed by atoms with van der Waals surface area (Å²) < 4.78 is 5.72. The van der Waals surface area contributed by atoms with E-state index in [-0.39, 0.29) is 6.23 Å². The van der Waals surface area contributed by atoms with E-state index >= 15 is 0 Å². The molecule has 0 radical (unpaired) electrons. The van der Waals surface area contributed by atoms with E-state index in [1.165, 1.54) is 0 Å². The van der Waals surface area contributed by atoms with Gasteiger partial charge < -0.3 is 9.64 Å². The lowest BCUT2D eigenvalue weighted by Crippen LogP contribution is -2.38. The van der Waals surface area contributed by atoms with E-state index in [2.05, 4.69) is 6.07 Å². The SMILES string of the molecule is CCOC1CCC=C(C#N)N1c1ccccc1. The summed E-state index contributed by atoms with van der Waals surface area (Å²) in [6.07, 6.45) is 3.77. The monoisotopic (exact) mass is 228 g/mol. The Morgan fingerprint density at radius 3 is 2.82 bits per heavy atom. The molecule has 1 unspecified atom stereocenters. The van der Waals surface area contributed by atoms with Gasteiger partial charge in [-0.2, -0.15) is 5.26 Å². The zero-order valence-corrected chi connectivity index (χ0v) is 9.97. The predicted octanol–water partition coefficient (Wildman–Crippen LogP) is 3.06. The number of anilines is 1. The second-order valence-corrected chi connectivity index (χ2v) is 3.89. The van der Waals surface area contributed by atoms with Gasteiger partial charge in [0.05, 0.1) is 0 Å². The van der Waals surface area contributed by atoms with Gasteiger partial charge in [0, 0.05) is 12.3 Å². The topological polar surface area (TPSA) is 36.3 Å². The second kappa shape index (κ2) is 5.51. The van der Waals surface area contributed by atoms with Crippen molar-refractivity contribution in [3.05, 3.63) is 42.1 Å². The number of para-hydroxylation sites is 1. The van der Waals surface area contributed by atoms with E-state index in [9.17, 15) is 5.26 Å². The van der Waals surface area contributed by atoms with Crippen molar-refractivity contribution in [3.8, 4) is 6.07 Å². The van der Waals surface area contributed by atoms with Crippen LogP contribution in [0.25, 0.3) is 0 Å². The molecule has 17 heavy (non-hydrogen) atoms. The summed E-state index contributed by atoms with van der Waals surface area (Å²) >= 11 is 0. The molecule has 88 valence electrons. The van der Waals surface area contributed by atoms with Crippen molar-refractivity contribution in [3.63, 3.8) is 0 Å². The molecule has 0 N–H and O–H groups in total. The van der Waals surface area contributed by atoms with E-state index in [0.29, 0.717) is 12.3 Å². The molecule has 3 heteroatoms. The summed E-state index contributed by atoms with van der Waals surface area (Å²) in [6.45, 7) is 2.64. The van der Waals surface area contributed by atoms with Crippen LogP contribution in [0.4, 0.5) is 5.69 Å². The van der Waals surface area contributed by atoms with Gasteiger partial charge in [0.2, 0.25) is 0 Å². The molecule has 1 atom stereocenters. The van der Waals surface area contributed by atoms with Gasteiger partial charge in [0.15, 0.2) is 0 Å². The molecule has 2 rings (SSSR count). The van der Waals surface area contributed by atoms with Crippen molar-refractivity contribution >= 4 is 5.69 Å². The molecule has 0 aliphatic carbocycles. The zero-order valence-electron chi connectivity index (χ0n) is 9.97. The fraction of sp³-hybridized carbons (Fsp3) is 0.357. The minimum absolute atomic E-state index is 0.0259. The van der Waals surface area contributed by atoms with Crippen molar-refractivity contribution in [2.24, 2.45) is 0 Å². The Bertz CT molecular complexity index is 433. The van der Waals surface area contributed by atoms with Gasteiger partial charge in [-0.3, -0.25) is 0 Å². The maximum atomic E-state index is 9.19. The smallest absolute Gasteiger partial charge is 0.135 e. The van der Waals surface area contributed by atoms with Crippen LogP contribution in [-0.4, -0.2) is 12.8 Å². The van der Waals surface area contributed by atoms with Crippen LogP contribution in [0.5, 0.6) is 0 Å². The summed E-state index contributed by atoms with van der Waals surface area (Å²) in [7, 11) is 0. The Morgan fingerprint density at radius 2 is 2.18 bits per heavy atom. The zero-order chi connectivity index (χ0) is 12.1. The highest BCUT2D eigenvalue weighted by atomic mass is 16.5. The van der Waals surface area contributed by atoms with Crippen LogP contribution in [0, 0.1) is 11.3 Å². The molecule has 0 saturated heterocycles. The highest BCUT2D eigenvalue weighted by molar-refractivity contribution is 5.56. The van der Waals surface area contributed by atoms with Gasteiger partial charge in [-0.15, -0.1) is 0 Å². The summed E-state index contributed by atoms with van der Waals surface area (Å²) in [5, 5.41) is 9.19. The molecule has 3 nitrogen and oxygen atoms in total. The first-order valence-corrected chi connectivity index (χ1v) is 5.93. The van der Waals surface area contributed by atoms with Crippen LogP contribution < -0.4 is 4.90 Å². The van der Waals surface area contributed by atoms with Gasteiger partial charge in [-0.1, -0.05) is 18.2 Å². The number of allylic oxidation sites excluding steroid dienone is 2. The standard InChI is InChI=1S/C14H16N2O/c1-2-17-14-10-6-9-13(11-15)16(14)12-7-4-3-5-8-12/h3-5,7-9,14H,2,6,10H2,1H3. The van der Waals surface area contributed by atoms with Crippen LogP contribution in [0.15, 0.2) is 42.1 Å². The second-order valence-electron chi connectivity index (χ2n) is 3.89. The van der Waals surface area contributed by atoms with Crippen LogP contribution in [0.3, 0.4) is 0 Å². The molecule has 0 bridgehead atoms. The average Bonchev–Trinajstić information content (AvgIpc) is 2.40. The van der Waals surface area contributed by atoms with Crippen LogP contribution in [-0.2, 0) is 4.74 Å².